The molecule has 3 rings (SSSR count). The number of nitrogens with zero attached hydrogens (tertiary/aromatic N) is 2. The lowest BCUT2D eigenvalue weighted by atomic mass is 10.1. The predicted octanol–water partition coefficient (Wildman–Crippen LogP) is 2.41. The van der Waals surface area contributed by atoms with Gasteiger partial charge in [-0.15, -0.1) is 0 Å². The normalized spacial score (nSPS) is 11.0. The minimum Gasteiger partial charge on any atom is -0.478 e. The summed E-state index contributed by atoms with van der Waals surface area (Å²) in [5.74, 6) is 0.593. The summed E-state index contributed by atoms with van der Waals surface area (Å²) in [4.78, 5) is 4.57. The summed E-state index contributed by atoms with van der Waals surface area (Å²) in [7, 11) is 0. The first-order valence-electron chi connectivity index (χ1n) is 8.85. The highest BCUT2D eigenvalue weighted by Crippen LogP contribution is 2.13. The Balaban J connectivity index is 1.76. The minimum absolute atomic E-state index is 0.161. The quantitative estimate of drug-likeness (QED) is 0.521. The van der Waals surface area contributed by atoms with Gasteiger partial charge >= 0.3 is 5.90 Å². The fourth-order valence-electron chi connectivity index (χ4n) is 2.63. The van der Waals surface area contributed by atoms with Gasteiger partial charge in [-0.2, -0.15) is 0 Å². The number of hydrogen-bond donors (Lipinski definition) is 2. The zero-order valence-electron chi connectivity index (χ0n) is 15.5. The molecule has 0 bridgehead atoms. The third kappa shape index (κ3) is 4.41. The fourth-order valence-corrected chi connectivity index (χ4v) is 2.63. The summed E-state index contributed by atoms with van der Waals surface area (Å²) in [6.07, 6.45) is 7.71. The molecule has 0 aliphatic carbocycles. The van der Waals surface area contributed by atoms with E-state index in [0.29, 0.717) is 19.1 Å². The highest BCUT2D eigenvalue weighted by Gasteiger charge is 2.07. The molecule has 27 heavy (non-hydrogen) atoms. The maximum absolute atomic E-state index is 7.89. The van der Waals surface area contributed by atoms with Crippen LogP contribution in [0.5, 0.6) is 0 Å². The largest absolute Gasteiger partial charge is 0.478 e. The van der Waals surface area contributed by atoms with Gasteiger partial charge < -0.3 is 13.9 Å². The Morgan fingerprint density at radius 1 is 1.00 bits per heavy atom. The van der Waals surface area contributed by atoms with Crippen molar-refractivity contribution < 1.29 is 14.9 Å². The Morgan fingerprint density at radius 2 is 1.70 bits per heavy atom. The van der Waals surface area contributed by atoms with Crippen LogP contribution >= 0.6 is 0 Å². The molecule has 6 heteroatoms. The lowest BCUT2D eigenvalue weighted by Crippen LogP contribution is -2.42. The first-order valence-corrected chi connectivity index (χ1v) is 8.85. The van der Waals surface area contributed by atoms with Crippen molar-refractivity contribution in [3.63, 3.8) is 0 Å². The van der Waals surface area contributed by atoms with Crippen molar-refractivity contribution in [1.82, 2.24) is 9.38 Å². The van der Waals surface area contributed by atoms with Crippen LogP contribution in [0.1, 0.15) is 36.2 Å². The molecular formula is C21H23N4O2+. The topological polar surface area (TPSA) is 85.2 Å². The number of rotatable bonds is 6. The van der Waals surface area contributed by atoms with E-state index in [9.17, 15) is 0 Å². The maximum atomic E-state index is 7.89. The number of fused-ring (bicyclic) bond motifs is 1. The van der Waals surface area contributed by atoms with Crippen LogP contribution < -0.4 is 5.41 Å². The van der Waals surface area contributed by atoms with E-state index in [0.717, 1.165) is 28.0 Å². The van der Waals surface area contributed by atoms with Gasteiger partial charge in [-0.25, -0.2) is 10.4 Å². The zero-order valence-corrected chi connectivity index (χ0v) is 15.5. The minimum atomic E-state index is 0.161. The van der Waals surface area contributed by atoms with E-state index in [2.05, 4.69) is 4.98 Å². The monoisotopic (exact) mass is 363 g/mol. The highest BCUT2D eigenvalue weighted by molar-refractivity contribution is 5.91. The van der Waals surface area contributed by atoms with Crippen LogP contribution in [-0.4, -0.2) is 34.4 Å². The number of nitrogens with two attached hydrogens (primary N) is 1. The van der Waals surface area contributed by atoms with Gasteiger partial charge in [0.1, 0.15) is 5.65 Å². The average Bonchev–Trinajstić information content (AvgIpc) is 3.09. The molecule has 0 aliphatic heterocycles. The van der Waals surface area contributed by atoms with Crippen molar-refractivity contribution in [3.8, 4) is 0 Å². The third-order valence-electron chi connectivity index (χ3n) is 3.96. The molecule has 3 N–H and O–H groups in total. The lowest BCUT2D eigenvalue weighted by molar-refractivity contribution is -0.138. The van der Waals surface area contributed by atoms with Crippen molar-refractivity contribution in [3.05, 3.63) is 71.2 Å². The van der Waals surface area contributed by atoms with Gasteiger partial charge in [-0.3, -0.25) is 5.41 Å². The van der Waals surface area contributed by atoms with E-state index >= 15 is 0 Å². The van der Waals surface area contributed by atoms with Gasteiger partial charge in [0.2, 0.25) is 5.90 Å². The van der Waals surface area contributed by atoms with Gasteiger partial charge in [0, 0.05) is 12.4 Å². The Morgan fingerprint density at radius 3 is 2.41 bits per heavy atom. The number of pyridine rings is 1. The van der Waals surface area contributed by atoms with Gasteiger partial charge in [0.15, 0.2) is 0 Å². The molecule has 6 nitrogen and oxygen atoms in total. The smallest absolute Gasteiger partial charge is 0.366 e. The standard InChI is InChI=1S/C21H22N4O2/c1-3-26-20(22)16-8-5-15(6-9-16)7-11-18-14-25-13-17(21(23)27-4-2)10-12-19(25)24-18/h5-14,22-23H,3-4H2,1-2H3/p+1/b11-7+,22-20?,23-21?. The Hall–Kier alpha value is -3.41. The van der Waals surface area contributed by atoms with Crippen molar-refractivity contribution in [2.45, 2.75) is 13.8 Å². The SMILES string of the molecule is CCOC(=N)c1ccc2nc(/C=C/c3ccc(C(=[NH2+])OCC)cc3)cn2c1. The summed E-state index contributed by atoms with van der Waals surface area (Å²) in [5, 5.41) is 13.7. The van der Waals surface area contributed by atoms with E-state index in [4.69, 9.17) is 20.3 Å². The second-order valence-corrected chi connectivity index (χ2v) is 5.86. The van der Waals surface area contributed by atoms with Crippen LogP contribution in [0, 0.1) is 5.41 Å². The van der Waals surface area contributed by atoms with Crippen molar-refractivity contribution in [2.75, 3.05) is 13.2 Å². The molecule has 2 heterocycles. The number of ether oxygens (including phenoxy) is 2. The van der Waals surface area contributed by atoms with Gasteiger partial charge in [0.05, 0.1) is 30.0 Å². The summed E-state index contributed by atoms with van der Waals surface area (Å²) >= 11 is 0. The number of benzene rings is 1. The molecule has 0 atom stereocenters. The summed E-state index contributed by atoms with van der Waals surface area (Å²) in [6, 6.07) is 11.5. The molecule has 0 aliphatic rings. The number of aromatic nitrogens is 2. The van der Waals surface area contributed by atoms with Crippen LogP contribution in [0.15, 0.2) is 48.8 Å². The molecule has 0 radical (unpaired) electrons. The van der Waals surface area contributed by atoms with Gasteiger partial charge in [-0.1, -0.05) is 18.2 Å². The zero-order chi connectivity index (χ0) is 19.2. The molecule has 0 spiro atoms. The van der Waals surface area contributed by atoms with Crippen LogP contribution in [-0.2, 0) is 9.47 Å². The summed E-state index contributed by atoms with van der Waals surface area (Å²) in [6.45, 7) is 4.79. The Kier molecular flexibility index (Phi) is 5.66. The van der Waals surface area contributed by atoms with Crippen LogP contribution in [0.2, 0.25) is 0 Å². The molecule has 1 aromatic carbocycles. The predicted molar refractivity (Wildman–Crippen MR) is 107 cm³/mol. The molecule has 2 aromatic heterocycles. The highest BCUT2D eigenvalue weighted by atomic mass is 16.5. The summed E-state index contributed by atoms with van der Waals surface area (Å²) in [5.41, 5.74) is 4.28. The lowest BCUT2D eigenvalue weighted by Gasteiger charge is -2.04. The third-order valence-corrected chi connectivity index (χ3v) is 3.96. The number of nitrogens with one attached hydrogen (secondary N) is 1. The molecule has 0 saturated carbocycles. The molecule has 0 amide bonds. The van der Waals surface area contributed by atoms with Crippen molar-refractivity contribution in [1.29, 1.82) is 5.41 Å². The second-order valence-electron chi connectivity index (χ2n) is 5.86. The number of hydrogen-bond acceptors (Lipinski definition) is 4. The molecule has 0 fully saturated rings. The average molecular weight is 363 g/mol. The molecule has 0 unspecified atom stereocenters. The van der Waals surface area contributed by atoms with E-state index in [1.807, 2.05) is 79.2 Å². The first-order chi connectivity index (χ1) is 13.1. The van der Waals surface area contributed by atoms with Gasteiger partial charge in [-0.05, 0) is 49.8 Å². The number of imidazole rings is 1. The van der Waals surface area contributed by atoms with E-state index in [1.54, 1.807) is 0 Å². The van der Waals surface area contributed by atoms with E-state index in [1.165, 1.54) is 0 Å². The Labute approximate surface area is 158 Å². The van der Waals surface area contributed by atoms with Crippen molar-refractivity contribution in [2.24, 2.45) is 0 Å². The van der Waals surface area contributed by atoms with Crippen molar-refractivity contribution >= 4 is 29.6 Å². The molecule has 3 aromatic rings. The molecule has 138 valence electrons. The van der Waals surface area contributed by atoms with Gasteiger partial charge in [0.25, 0.3) is 0 Å². The van der Waals surface area contributed by atoms with E-state index in [-0.39, 0.29) is 5.90 Å². The molecular weight excluding hydrogens is 340 g/mol. The van der Waals surface area contributed by atoms with Crippen LogP contribution in [0.25, 0.3) is 17.8 Å². The van der Waals surface area contributed by atoms with E-state index < -0.39 is 0 Å². The Bertz CT molecular complexity index is 987. The first kappa shape index (κ1) is 18.4. The van der Waals surface area contributed by atoms with Crippen LogP contribution in [0.4, 0.5) is 0 Å². The maximum Gasteiger partial charge on any atom is 0.366 e. The summed E-state index contributed by atoms with van der Waals surface area (Å²) < 4.78 is 12.5. The second kappa shape index (κ2) is 8.31. The fraction of sp³-hybridized carbons (Fsp3) is 0.190. The molecule has 0 saturated heterocycles. The van der Waals surface area contributed by atoms with Crippen LogP contribution in [0.3, 0.4) is 0 Å².